The fourth-order valence-electron chi connectivity index (χ4n) is 1.09. The van der Waals surface area contributed by atoms with Crippen LogP contribution in [-0.2, 0) is 13.3 Å². The van der Waals surface area contributed by atoms with Crippen molar-refractivity contribution in [1.29, 1.82) is 0 Å². The van der Waals surface area contributed by atoms with Gasteiger partial charge in [-0.25, -0.2) is 4.39 Å². The van der Waals surface area contributed by atoms with Gasteiger partial charge in [-0.3, -0.25) is 9.78 Å². The van der Waals surface area contributed by atoms with Crippen LogP contribution >= 0.6 is 0 Å². The molecule has 16 heavy (non-hydrogen) atoms. The number of aromatic nitrogens is 1. The third-order valence-electron chi connectivity index (χ3n) is 1.73. The normalized spacial score (nSPS) is 11.6. The van der Waals surface area contributed by atoms with E-state index in [-0.39, 0.29) is 11.1 Å². The number of ether oxygens (including phenoxy) is 1. The van der Waals surface area contributed by atoms with Crippen LogP contribution in [0.1, 0.15) is 11.1 Å². The number of hydrogen-bond acceptors (Lipinski definition) is 3. The van der Waals surface area contributed by atoms with Crippen LogP contribution in [0.5, 0.6) is 5.88 Å². The molecule has 0 aliphatic heterocycles. The quantitative estimate of drug-likeness (QED) is 0.782. The van der Waals surface area contributed by atoms with Gasteiger partial charge in [0.1, 0.15) is 6.67 Å². The van der Waals surface area contributed by atoms with Crippen LogP contribution in [0.15, 0.2) is 10.9 Å². The minimum Gasteiger partial charge on any atom is -0.391 e. The number of H-pyrrole nitrogens is 1. The van der Waals surface area contributed by atoms with Crippen LogP contribution in [0.25, 0.3) is 0 Å². The Morgan fingerprint density at radius 2 is 2.06 bits per heavy atom. The molecular formula is C8H7F4NO3. The number of alkyl halides is 4. The molecule has 0 atom stereocenters. The van der Waals surface area contributed by atoms with E-state index >= 15 is 0 Å². The molecule has 1 aromatic heterocycles. The lowest BCUT2D eigenvalue weighted by Crippen LogP contribution is -2.22. The topological polar surface area (TPSA) is 62.3 Å². The largest absolute Gasteiger partial charge is 0.574 e. The monoisotopic (exact) mass is 241 g/mol. The average molecular weight is 241 g/mol. The third kappa shape index (κ3) is 2.96. The Morgan fingerprint density at radius 3 is 2.50 bits per heavy atom. The molecule has 1 heterocycles. The van der Waals surface area contributed by atoms with Crippen LogP contribution in [0.4, 0.5) is 17.6 Å². The van der Waals surface area contributed by atoms with E-state index in [2.05, 4.69) is 4.74 Å². The maximum atomic E-state index is 12.4. The molecule has 0 aromatic carbocycles. The maximum absolute atomic E-state index is 12.4. The van der Waals surface area contributed by atoms with Crippen LogP contribution in [0, 0.1) is 0 Å². The van der Waals surface area contributed by atoms with Crippen molar-refractivity contribution in [2.75, 3.05) is 0 Å². The van der Waals surface area contributed by atoms with Crippen molar-refractivity contribution in [1.82, 2.24) is 4.98 Å². The summed E-state index contributed by atoms with van der Waals surface area (Å²) in [7, 11) is 0. The van der Waals surface area contributed by atoms with Crippen molar-refractivity contribution < 1.29 is 27.4 Å². The summed E-state index contributed by atoms with van der Waals surface area (Å²) in [4.78, 5) is 12.8. The first-order valence-corrected chi connectivity index (χ1v) is 4.05. The second-order valence-electron chi connectivity index (χ2n) is 2.81. The van der Waals surface area contributed by atoms with Crippen molar-refractivity contribution >= 4 is 0 Å². The zero-order valence-electron chi connectivity index (χ0n) is 7.77. The van der Waals surface area contributed by atoms with Crippen LogP contribution in [0.2, 0.25) is 0 Å². The first-order valence-electron chi connectivity index (χ1n) is 4.05. The first-order chi connectivity index (χ1) is 7.37. The fraction of sp³-hybridized carbons (Fsp3) is 0.375. The van der Waals surface area contributed by atoms with Gasteiger partial charge in [0.2, 0.25) is 5.88 Å². The first kappa shape index (κ1) is 12.5. The van der Waals surface area contributed by atoms with Gasteiger partial charge in [0.25, 0.3) is 5.56 Å². The molecule has 90 valence electrons. The number of halogens is 4. The highest BCUT2D eigenvalue weighted by Gasteiger charge is 2.32. The Balaban J connectivity index is 3.16. The fourth-order valence-corrected chi connectivity index (χ4v) is 1.09. The van der Waals surface area contributed by atoms with E-state index in [9.17, 15) is 22.4 Å². The number of aliphatic hydroxyl groups excluding tert-OH is 1. The highest BCUT2D eigenvalue weighted by molar-refractivity contribution is 5.28. The second kappa shape index (κ2) is 4.52. The third-order valence-corrected chi connectivity index (χ3v) is 1.73. The molecule has 0 aliphatic rings. The number of pyridine rings is 1. The Bertz CT molecular complexity index is 426. The van der Waals surface area contributed by atoms with Gasteiger partial charge in [0.05, 0.1) is 6.61 Å². The van der Waals surface area contributed by atoms with Gasteiger partial charge in [0.15, 0.2) is 0 Å². The molecule has 1 aromatic rings. The predicted molar refractivity (Wildman–Crippen MR) is 44.5 cm³/mol. The van der Waals surface area contributed by atoms with Crippen molar-refractivity contribution in [3.05, 3.63) is 27.5 Å². The van der Waals surface area contributed by atoms with Gasteiger partial charge in [-0.15, -0.1) is 13.2 Å². The zero-order chi connectivity index (χ0) is 12.3. The number of nitrogens with one attached hydrogen (secondary N) is 1. The van der Waals surface area contributed by atoms with Gasteiger partial charge < -0.3 is 9.84 Å². The highest BCUT2D eigenvalue weighted by Crippen LogP contribution is 2.21. The Labute approximate surface area is 86.5 Å². The molecule has 0 amide bonds. The van der Waals surface area contributed by atoms with E-state index in [1.807, 2.05) is 0 Å². The van der Waals surface area contributed by atoms with Crippen LogP contribution in [0.3, 0.4) is 0 Å². The van der Waals surface area contributed by atoms with E-state index in [0.717, 1.165) is 0 Å². The summed E-state index contributed by atoms with van der Waals surface area (Å²) in [6.07, 6.45) is -4.97. The minimum absolute atomic E-state index is 0.322. The molecule has 2 N–H and O–H groups in total. The van der Waals surface area contributed by atoms with Crippen LogP contribution < -0.4 is 10.3 Å². The molecule has 0 spiro atoms. The number of rotatable bonds is 3. The van der Waals surface area contributed by atoms with E-state index in [1.54, 1.807) is 4.98 Å². The summed E-state index contributed by atoms with van der Waals surface area (Å²) in [5, 5.41) is 8.70. The molecule has 0 saturated carbocycles. The zero-order valence-corrected chi connectivity index (χ0v) is 7.77. The highest BCUT2D eigenvalue weighted by atomic mass is 19.4. The number of aliphatic hydroxyl groups is 1. The lowest BCUT2D eigenvalue weighted by molar-refractivity contribution is -0.276. The minimum atomic E-state index is -4.97. The molecule has 8 heteroatoms. The van der Waals surface area contributed by atoms with Crippen molar-refractivity contribution in [2.45, 2.75) is 19.6 Å². The van der Waals surface area contributed by atoms with E-state index in [4.69, 9.17) is 5.11 Å². The lowest BCUT2D eigenvalue weighted by atomic mass is 10.1. The second-order valence-corrected chi connectivity index (χ2v) is 2.81. The molecule has 0 unspecified atom stereocenters. The Morgan fingerprint density at radius 1 is 1.44 bits per heavy atom. The summed E-state index contributed by atoms with van der Waals surface area (Å²) in [6.45, 7) is -1.94. The smallest absolute Gasteiger partial charge is 0.391 e. The number of hydrogen-bond donors (Lipinski definition) is 2. The van der Waals surface area contributed by atoms with Gasteiger partial charge >= 0.3 is 6.36 Å². The van der Waals surface area contributed by atoms with Crippen molar-refractivity contribution in [3.63, 3.8) is 0 Å². The Hall–Kier alpha value is -1.57. The molecular weight excluding hydrogens is 234 g/mol. The maximum Gasteiger partial charge on any atom is 0.574 e. The van der Waals surface area contributed by atoms with Crippen molar-refractivity contribution in [2.24, 2.45) is 0 Å². The molecule has 4 nitrogen and oxygen atoms in total. The molecule has 0 aliphatic carbocycles. The van der Waals surface area contributed by atoms with Gasteiger partial charge in [-0.05, 0) is 5.56 Å². The lowest BCUT2D eigenvalue weighted by Gasteiger charge is -2.10. The van der Waals surface area contributed by atoms with Crippen LogP contribution in [-0.4, -0.2) is 16.5 Å². The molecule has 0 fully saturated rings. The summed E-state index contributed by atoms with van der Waals surface area (Å²) in [5.41, 5.74) is -1.68. The van der Waals surface area contributed by atoms with Gasteiger partial charge in [0, 0.05) is 11.6 Å². The molecule has 0 radical (unpaired) electrons. The predicted octanol–water partition coefficient (Wildman–Crippen LogP) is 1.24. The standard InChI is InChI=1S/C8H7F4NO3/c9-2-4-1-6(16-8(10,11)12)13-7(15)5(4)3-14/h1,14H,2-3H2,(H,13,15). The van der Waals surface area contributed by atoms with Gasteiger partial charge in [-0.1, -0.05) is 0 Å². The number of aromatic amines is 1. The SMILES string of the molecule is O=c1[nH]c(OC(F)(F)F)cc(CF)c1CO. The van der Waals surface area contributed by atoms with Crippen molar-refractivity contribution in [3.8, 4) is 5.88 Å². The van der Waals surface area contributed by atoms with Gasteiger partial charge in [-0.2, -0.15) is 0 Å². The molecule has 1 rings (SSSR count). The Kier molecular flexibility index (Phi) is 3.53. The van der Waals surface area contributed by atoms with E-state index in [1.165, 1.54) is 0 Å². The summed E-state index contributed by atoms with van der Waals surface area (Å²) >= 11 is 0. The summed E-state index contributed by atoms with van der Waals surface area (Å²) in [6, 6.07) is 0.681. The average Bonchev–Trinajstić information content (AvgIpc) is 2.14. The summed E-state index contributed by atoms with van der Waals surface area (Å²) < 4.78 is 51.2. The molecule has 0 bridgehead atoms. The van der Waals surface area contributed by atoms with E-state index in [0.29, 0.717) is 6.07 Å². The molecule has 0 saturated heterocycles. The summed E-state index contributed by atoms with van der Waals surface area (Å²) in [5.74, 6) is -0.914. The van der Waals surface area contributed by atoms with E-state index < -0.39 is 31.1 Å².